The van der Waals surface area contributed by atoms with E-state index in [1.165, 1.54) is 12.1 Å². The molecule has 1 heterocycles. The lowest BCUT2D eigenvalue weighted by molar-refractivity contribution is -0.142. The number of aliphatic carboxylic acids is 1. The lowest BCUT2D eigenvalue weighted by Crippen LogP contribution is -2.58. The maximum atomic E-state index is 13.8. The van der Waals surface area contributed by atoms with Crippen LogP contribution in [0, 0.1) is 0 Å². The quantitative estimate of drug-likeness (QED) is 0.0929. The van der Waals surface area contributed by atoms with Crippen LogP contribution in [0.4, 0.5) is 0 Å². The Hall–Kier alpha value is -5.69. The molecule has 240 valence electrons. The molecule has 0 saturated carbocycles. The number of carboxylic acids is 1. The number of aromatic nitrogens is 1. The average Bonchev–Trinajstić information content (AvgIpc) is 3.43. The number of carbonyl (C=O) groups excluding carboxylic acids is 4. The van der Waals surface area contributed by atoms with Crippen molar-refractivity contribution < 1.29 is 34.2 Å². The van der Waals surface area contributed by atoms with Crippen molar-refractivity contribution in [2.75, 3.05) is 0 Å². The van der Waals surface area contributed by atoms with Crippen LogP contribution >= 0.6 is 0 Å². The molecule has 13 heteroatoms. The molecular weight excluding hydrogens is 592 g/mol. The van der Waals surface area contributed by atoms with Crippen molar-refractivity contribution in [3.8, 4) is 5.75 Å². The maximum Gasteiger partial charge on any atom is 0.326 e. The third-order valence-corrected chi connectivity index (χ3v) is 7.40. The molecule has 46 heavy (non-hydrogen) atoms. The van der Waals surface area contributed by atoms with Crippen molar-refractivity contribution in [2.45, 2.75) is 49.9 Å². The van der Waals surface area contributed by atoms with Crippen LogP contribution < -0.4 is 27.4 Å². The first-order valence-electron chi connectivity index (χ1n) is 14.5. The second-order valence-corrected chi connectivity index (χ2v) is 10.9. The van der Waals surface area contributed by atoms with Crippen LogP contribution in [0.25, 0.3) is 10.9 Å². The predicted molar refractivity (Wildman–Crippen MR) is 169 cm³/mol. The monoisotopic (exact) mass is 628 g/mol. The minimum atomic E-state index is -1.35. The first-order valence-corrected chi connectivity index (χ1v) is 14.5. The summed E-state index contributed by atoms with van der Waals surface area (Å²) in [7, 11) is 0. The SMILES string of the molecule is NC(=O)CC(N)C(=O)NC(Cc1c[nH]c2ccccc12)C(=O)NC(Cc1ccccc1)C(=O)NC(Cc1ccc(O)cc1)C(=O)O. The summed E-state index contributed by atoms with van der Waals surface area (Å²) in [5.74, 6) is -4.35. The number of aromatic amines is 1. The molecule has 4 aromatic rings. The highest BCUT2D eigenvalue weighted by Gasteiger charge is 2.31. The zero-order valence-electron chi connectivity index (χ0n) is 24.8. The minimum Gasteiger partial charge on any atom is -0.508 e. The molecule has 4 atom stereocenters. The summed E-state index contributed by atoms with van der Waals surface area (Å²) < 4.78 is 0. The Morgan fingerprint density at radius 2 is 1.24 bits per heavy atom. The molecule has 10 N–H and O–H groups in total. The number of nitrogens with two attached hydrogens (primary N) is 2. The number of fused-ring (bicyclic) bond motifs is 1. The highest BCUT2D eigenvalue weighted by molar-refractivity contribution is 5.96. The van der Waals surface area contributed by atoms with Gasteiger partial charge in [-0.3, -0.25) is 19.2 Å². The van der Waals surface area contributed by atoms with Gasteiger partial charge in [0.05, 0.1) is 12.5 Å². The van der Waals surface area contributed by atoms with Gasteiger partial charge in [-0.1, -0.05) is 60.7 Å². The zero-order valence-corrected chi connectivity index (χ0v) is 24.8. The summed E-state index contributed by atoms with van der Waals surface area (Å²) >= 11 is 0. The molecular formula is C33H36N6O7. The topological polar surface area (TPSA) is 230 Å². The lowest BCUT2D eigenvalue weighted by atomic mass is 10.0. The third kappa shape index (κ3) is 9.16. The summed E-state index contributed by atoms with van der Waals surface area (Å²) in [6.07, 6.45) is 1.20. The first kappa shape index (κ1) is 33.2. The minimum absolute atomic E-state index is 0.00313. The molecule has 3 aromatic carbocycles. The Bertz CT molecular complexity index is 1690. The van der Waals surface area contributed by atoms with Gasteiger partial charge in [0.1, 0.15) is 23.9 Å². The van der Waals surface area contributed by atoms with Crippen molar-refractivity contribution in [1.29, 1.82) is 0 Å². The fourth-order valence-corrected chi connectivity index (χ4v) is 4.99. The molecule has 0 aliphatic heterocycles. The van der Waals surface area contributed by atoms with Gasteiger partial charge in [0.15, 0.2) is 0 Å². The molecule has 0 bridgehead atoms. The number of rotatable bonds is 15. The second kappa shape index (κ2) is 15.3. The van der Waals surface area contributed by atoms with E-state index in [2.05, 4.69) is 20.9 Å². The largest absolute Gasteiger partial charge is 0.508 e. The van der Waals surface area contributed by atoms with Gasteiger partial charge in [-0.15, -0.1) is 0 Å². The number of aromatic hydroxyl groups is 1. The van der Waals surface area contributed by atoms with Crippen LogP contribution in [-0.2, 0) is 43.2 Å². The molecule has 0 aliphatic rings. The van der Waals surface area contributed by atoms with E-state index in [1.54, 1.807) is 48.7 Å². The van der Waals surface area contributed by atoms with Gasteiger partial charge < -0.3 is 42.6 Å². The van der Waals surface area contributed by atoms with E-state index in [4.69, 9.17) is 11.5 Å². The van der Waals surface area contributed by atoms with Crippen molar-refractivity contribution >= 4 is 40.5 Å². The fraction of sp³-hybridized carbons (Fsp3) is 0.242. The molecule has 4 amide bonds. The van der Waals surface area contributed by atoms with E-state index >= 15 is 0 Å². The van der Waals surface area contributed by atoms with Crippen molar-refractivity contribution in [3.63, 3.8) is 0 Å². The molecule has 0 radical (unpaired) electrons. The lowest BCUT2D eigenvalue weighted by Gasteiger charge is -2.25. The number of primary amides is 1. The maximum absolute atomic E-state index is 13.8. The van der Waals surface area contributed by atoms with Crippen LogP contribution in [0.5, 0.6) is 5.75 Å². The third-order valence-electron chi connectivity index (χ3n) is 7.40. The number of carbonyl (C=O) groups is 5. The number of para-hydroxylation sites is 1. The van der Waals surface area contributed by atoms with E-state index in [-0.39, 0.29) is 25.0 Å². The number of phenols is 1. The predicted octanol–water partition coefficient (Wildman–Crippen LogP) is 0.643. The molecule has 0 aliphatic carbocycles. The van der Waals surface area contributed by atoms with Gasteiger partial charge in [0, 0.05) is 36.4 Å². The number of H-pyrrole nitrogens is 1. The number of amides is 4. The summed E-state index contributed by atoms with van der Waals surface area (Å²) in [5.41, 5.74) is 13.8. The van der Waals surface area contributed by atoms with Crippen molar-refractivity contribution in [1.82, 2.24) is 20.9 Å². The number of hydrogen-bond donors (Lipinski definition) is 8. The van der Waals surface area contributed by atoms with Crippen LogP contribution in [0.3, 0.4) is 0 Å². The Labute approximate surface area is 264 Å². The van der Waals surface area contributed by atoms with E-state index in [0.717, 1.165) is 10.9 Å². The Morgan fingerprint density at radius 1 is 0.696 bits per heavy atom. The number of hydrogen-bond acceptors (Lipinski definition) is 7. The summed E-state index contributed by atoms with van der Waals surface area (Å²) in [6.45, 7) is 0. The van der Waals surface area contributed by atoms with E-state index in [9.17, 15) is 34.2 Å². The zero-order chi connectivity index (χ0) is 33.2. The van der Waals surface area contributed by atoms with E-state index < -0.39 is 60.2 Å². The smallest absolute Gasteiger partial charge is 0.326 e. The van der Waals surface area contributed by atoms with Crippen molar-refractivity contribution in [3.05, 3.63) is 102 Å². The highest BCUT2D eigenvalue weighted by Crippen LogP contribution is 2.20. The van der Waals surface area contributed by atoms with Gasteiger partial charge >= 0.3 is 5.97 Å². The molecule has 0 spiro atoms. The number of phenolic OH excluding ortho intramolecular Hbond substituents is 1. The van der Waals surface area contributed by atoms with E-state index in [1.807, 2.05) is 24.3 Å². The first-order chi connectivity index (χ1) is 22.0. The van der Waals surface area contributed by atoms with Crippen LogP contribution in [0.1, 0.15) is 23.1 Å². The van der Waals surface area contributed by atoms with Gasteiger partial charge in [0.2, 0.25) is 23.6 Å². The Kier molecular flexibility index (Phi) is 11.1. The highest BCUT2D eigenvalue weighted by atomic mass is 16.4. The number of benzene rings is 3. The number of carboxylic acid groups (broad SMARTS) is 1. The van der Waals surface area contributed by atoms with E-state index in [0.29, 0.717) is 16.7 Å². The van der Waals surface area contributed by atoms with Crippen LogP contribution in [-0.4, -0.2) is 69.0 Å². The normalized spacial score (nSPS) is 13.6. The van der Waals surface area contributed by atoms with Crippen LogP contribution in [0.15, 0.2) is 85.1 Å². The Morgan fingerprint density at radius 3 is 1.89 bits per heavy atom. The fourth-order valence-electron chi connectivity index (χ4n) is 4.99. The molecule has 0 saturated heterocycles. The van der Waals surface area contributed by atoms with Crippen LogP contribution in [0.2, 0.25) is 0 Å². The Balaban J connectivity index is 1.59. The summed E-state index contributed by atoms with van der Waals surface area (Å²) in [5, 5.41) is 28.0. The van der Waals surface area contributed by atoms with Gasteiger partial charge in [-0.05, 0) is 34.9 Å². The van der Waals surface area contributed by atoms with Gasteiger partial charge in [0.25, 0.3) is 0 Å². The standard InChI is InChI=1S/C33H36N6O7/c34-24(17-29(35)41)30(42)37-27(16-21-18-36-25-9-5-4-8-23(21)25)32(44)38-26(14-19-6-2-1-3-7-19)31(43)39-28(33(45)46)15-20-10-12-22(40)13-11-20/h1-13,18,24,26-28,36,40H,14-17,34H2,(H2,35,41)(H,37,42)(H,38,44)(H,39,43)(H,45,46). The summed E-state index contributed by atoms with van der Waals surface area (Å²) in [4.78, 5) is 67.0. The molecule has 13 nitrogen and oxygen atoms in total. The van der Waals surface area contributed by atoms with Gasteiger partial charge in [-0.25, -0.2) is 4.79 Å². The van der Waals surface area contributed by atoms with Gasteiger partial charge in [-0.2, -0.15) is 0 Å². The average molecular weight is 629 g/mol. The van der Waals surface area contributed by atoms with Crippen molar-refractivity contribution in [2.24, 2.45) is 11.5 Å². The molecule has 0 fully saturated rings. The second-order valence-electron chi connectivity index (χ2n) is 10.9. The molecule has 1 aromatic heterocycles. The molecule has 4 rings (SSSR count). The molecule has 4 unspecified atom stereocenters. The number of nitrogens with one attached hydrogen (secondary N) is 4. The summed E-state index contributed by atoms with van der Waals surface area (Å²) in [6, 6.07) is 17.0.